The summed E-state index contributed by atoms with van der Waals surface area (Å²) in [4.78, 5) is 7.86. The molecule has 0 fully saturated rings. The van der Waals surface area contributed by atoms with Crippen molar-refractivity contribution in [3.63, 3.8) is 0 Å². The van der Waals surface area contributed by atoms with E-state index in [9.17, 15) is 0 Å². The fourth-order valence-corrected chi connectivity index (χ4v) is 1.34. The molecule has 3 rings (SSSR count). The maximum absolute atomic E-state index is 3.93. The van der Waals surface area contributed by atoms with E-state index in [0.717, 1.165) is 5.56 Å². The Kier molecular flexibility index (Phi) is 5.94. The summed E-state index contributed by atoms with van der Waals surface area (Å²) >= 11 is 0. The summed E-state index contributed by atoms with van der Waals surface area (Å²) in [6, 6.07) is 18.1. The second-order valence-corrected chi connectivity index (χ2v) is 3.26. The summed E-state index contributed by atoms with van der Waals surface area (Å²) in [7, 11) is 0. The predicted octanol–water partition coefficient (Wildman–Crippen LogP) is 3.27. The number of hydrogen-bond donors (Lipinski definition) is 0. The van der Waals surface area contributed by atoms with Crippen molar-refractivity contribution in [3.8, 4) is 11.1 Å². The Morgan fingerprint density at radius 3 is 1.76 bits per heavy atom. The summed E-state index contributed by atoms with van der Waals surface area (Å²) in [5.41, 5.74) is 2.24. The molecule has 0 N–H and O–H groups in total. The van der Waals surface area contributed by atoms with Gasteiger partial charge in [0.05, 0.1) is 6.33 Å². The van der Waals surface area contributed by atoms with E-state index in [4.69, 9.17) is 0 Å². The third kappa shape index (κ3) is 4.35. The van der Waals surface area contributed by atoms with Crippen LogP contribution in [0.15, 0.2) is 73.3 Å². The molecule has 1 heterocycles. The Balaban J connectivity index is 0.000000205. The Bertz CT molecular complexity index is 455. The second kappa shape index (κ2) is 7.55. The maximum atomic E-state index is 3.93. The minimum atomic E-state index is 0. The van der Waals surface area contributed by atoms with E-state index in [1.807, 2.05) is 67.0 Å². The Morgan fingerprint density at radius 2 is 1.29 bits per heavy atom. The summed E-state index contributed by atoms with van der Waals surface area (Å²) in [5, 5.41) is 0. The van der Waals surface area contributed by atoms with Crippen LogP contribution in [-0.2, 0) is 17.1 Å². The molecule has 0 radical (unpaired) electrons. The molecular weight excluding hydrogens is 252 g/mol. The molecule has 1 aromatic heterocycles. The largest absolute Gasteiger partial charge is 0.748 e. The molecule has 0 aliphatic carbocycles. The summed E-state index contributed by atoms with van der Waals surface area (Å²) in [6.07, 6.45) is 5.15. The van der Waals surface area contributed by atoms with Crippen LogP contribution in [0.25, 0.3) is 11.1 Å². The van der Waals surface area contributed by atoms with Crippen LogP contribution in [0.1, 0.15) is 0 Å². The number of rotatable bonds is 1. The molecule has 0 bridgehead atoms. The Hall–Kier alpha value is -1.70. The van der Waals surface area contributed by atoms with Gasteiger partial charge in [-0.2, -0.15) is 12.1 Å². The molecule has 0 saturated heterocycles. The first kappa shape index (κ1) is 13.4. The third-order valence-corrected chi connectivity index (χ3v) is 2.11. The van der Waals surface area contributed by atoms with Crippen LogP contribution in [0.2, 0.25) is 0 Å². The van der Waals surface area contributed by atoms with Crippen LogP contribution in [0.5, 0.6) is 0 Å². The minimum Gasteiger partial charge on any atom is -0.748 e. The van der Waals surface area contributed by atoms with Gasteiger partial charge in [-0.3, -0.25) is 9.97 Å². The molecule has 92 valence electrons. The summed E-state index contributed by atoms with van der Waals surface area (Å²) in [5.74, 6) is 0. The van der Waals surface area contributed by atoms with E-state index in [0.29, 0.717) is 0 Å². The van der Waals surface area contributed by atoms with Gasteiger partial charge in [0.1, 0.15) is 0 Å². The van der Waals surface area contributed by atoms with E-state index in [-0.39, 0.29) is 17.1 Å². The topological polar surface area (TPSA) is 25.8 Å². The molecule has 0 spiro atoms. The zero-order valence-corrected chi connectivity index (χ0v) is 10.3. The van der Waals surface area contributed by atoms with Crippen molar-refractivity contribution in [2.45, 2.75) is 0 Å². The minimum absolute atomic E-state index is 0. The fraction of sp³-hybridized carbons (Fsp3) is 0. The molecule has 0 atom stereocenters. The summed E-state index contributed by atoms with van der Waals surface area (Å²) < 4.78 is 0. The molecule has 0 aliphatic heterocycles. The van der Waals surface area contributed by atoms with Crippen molar-refractivity contribution in [2.24, 2.45) is 0 Å². The van der Waals surface area contributed by atoms with E-state index in [1.54, 1.807) is 0 Å². The average Bonchev–Trinajstić information content (AvgIpc) is 3.07. The van der Waals surface area contributed by atoms with Crippen LogP contribution in [0, 0.1) is 0 Å². The number of aromatic nitrogens is 2. The van der Waals surface area contributed by atoms with Crippen molar-refractivity contribution in [1.82, 2.24) is 9.97 Å². The normalized spacial score (nSPS) is 8.71. The third-order valence-electron chi connectivity index (χ3n) is 2.11. The van der Waals surface area contributed by atoms with Crippen molar-refractivity contribution in [1.29, 1.82) is 0 Å². The molecule has 3 aromatic rings. The molecule has 17 heavy (non-hydrogen) atoms. The molecule has 2 nitrogen and oxygen atoms in total. The first-order chi connectivity index (χ1) is 7.97. The first-order valence-electron chi connectivity index (χ1n) is 5.10. The Morgan fingerprint density at radius 1 is 0.824 bits per heavy atom. The fourth-order valence-electron chi connectivity index (χ4n) is 1.34. The van der Waals surface area contributed by atoms with Crippen LogP contribution in [0.3, 0.4) is 0 Å². The average molecular weight is 264 g/mol. The van der Waals surface area contributed by atoms with Crippen LogP contribution in [0.4, 0.5) is 0 Å². The van der Waals surface area contributed by atoms with Crippen LogP contribution < -0.4 is 0 Å². The molecule has 3 heteroatoms. The van der Waals surface area contributed by atoms with Gasteiger partial charge in [-0.25, -0.2) is 0 Å². The number of hydrogen-bond acceptors (Lipinski definition) is 2. The monoisotopic (exact) mass is 264 g/mol. The second-order valence-electron chi connectivity index (χ2n) is 3.26. The van der Waals surface area contributed by atoms with Crippen molar-refractivity contribution < 1.29 is 17.1 Å². The van der Waals surface area contributed by atoms with Crippen molar-refractivity contribution >= 4 is 0 Å². The standard InChI is InChI=1S/C9H7N2.C5H5.Fe/c1-2-4-8(3-1)9-5-10-7-11-6-9;1-2-4-5-3-1;/h1-7H;1-5H;/q-1;-5;. The van der Waals surface area contributed by atoms with Gasteiger partial charge in [0.2, 0.25) is 0 Å². The SMILES string of the molecule is [Fe].[cH-]1[cH-][cH-][cH-][cH-]1.c1cc[c-](-c2cncnc2)c1. The zero-order valence-electron chi connectivity index (χ0n) is 9.18. The molecule has 0 amide bonds. The smallest absolute Gasteiger partial charge is 0.0975 e. The molecule has 2 aromatic carbocycles. The van der Waals surface area contributed by atoms with Crippen LogP contribution >= 0.6 is 0 Å². The maximum Gasteiger partial charge on any atom is 0.0975 e. The van der Waals surface area contributed by atoms with Gasteiger partial charge in [-0.1, -0.05) is 11.1 Å². The van der Waals surface area contributed by atoms with Gasteiger partial charge in [0, 0.05) is 17.1 Å². The predicted molar refractivity (Wildman–Crippen MR) is 65.1 cm³/mol. The van der Waals surface area contributed by atoms with Crippen molar-refractivity contribution in [3.05, 3.63) is 73.3 Å². The van der Waals surface area contributed by atoms with Gasteiger partial charge in [0.15, 0.2) is 0 Å². The summed E-state index contributed by atoms with van der Waals surface area (Å²) in [6.45, 7) is 0. The van der Waals surface area contributed by atoms with E-state index in [1.165, 1.54) is 11.9 Å². The molecule has 0 unspecified atom stereocenters. The van der Waals surface area contributed by atoms with Crippen molar-refractivity contribution in [2.75, 3.05) is 0 Å². The Labute approximate surface area is 112 Å². The zero-order chi connectivity index (χ0) is 11.1. The van der Waals surface area contributed by atoms with Gasteiger partial charge >= 0.3 is 0 Å². The molecular formula is C14H12FeN2-6. The van der Waals surface area contributed by atoms with Gasteiger partial charge < -0.3 is 30.3 Å². The molecule has 0 aliphatic rings. The first-order valence-corrected chi connectivity index (χ1v) is 5.10. The molecule has 0 saturated carbocycles. The van der Waals surface area contributed by atoms with Crippen LogP contribution in [-0.4, -0.2) is 9.97 Å². The van der Waals surface area contributed by atoms with E-state index >= 15 is 0 Å². The van der Waals surface area contributed by atoms with Gasteiger partial charge in [-0.15, -0.1) is 12.1 Å². The van der Waals surface area contributed by atoms with E-state index in [2.05, 4.69) is 9.97 Å². The number of nitrogens with zero attached hydrogens (tertiary/aromatic N) is 2. The van der Waals surface area contributed by atoms with Gasteiger partial charge in [-0.05, 0) is 12.4 Å². The quantitative estimate of drug-likeness (QED) is 0.498. The van der Waals surface area contributed by atoms with Gasteiger partial charge in [0.25, 0.3) is 0 Å². The van der Waals surface area contributed by atoms with E-state index < -0.39 is 0 Å².